The van der Waals surface area contributed by atoms with Crippen molar-refractivity contribution < 1.29 is 8.42 Å². The Morgan fingerprint density at radius 3 is 2.76 bits per heavy atom. The average Bonchev–Trinajstić information content (AvgIpc) is 2.84. The van der Waals surface area contributed by atoms with E-state index in [-0.39, 0.29) is 17.5 Å². The van der Waals surface area contributed by atoms with Gasteiger partial charge in [-0.3, -0.25) is 0 Å². The van der Waals surface area contributed by atoms with Gasteiger partial charge in [-0.15, -0.1) is 5.10 Å². The van der Waals surface area contributed by atoms with E-state index in [9.17, 15) is 8.42 Å². The summed E-state index contributed by atoms with van der Waals surface area (Å²) in [7, 11) is -1.23. The molecule has 1 unspecified atom stereocenters. The van der Waals surface area contributed by atoms with Crippen LogP contribution < -0.4 is 5.32 Å². The molecule has 1 N–H and O–H groups in total. The fourth-order valence-corrected chi connectivity index (χ4v) is 3.13. The lowest BCUT2D eigenvalue weighted by atomic mass is 10.2. The van der Waals surface area contributed by atoms with E-state index in [1.807, 2.05) is 31.2 Å². The number of aryl methyl sites for hydroxylation is 1. The van der Waals surface area contributed by atoms with E-state index in [4.69, 9.17) is 0 Å². The van der Waals surface area contributed by atoms with Crippen molar-refractivity contribution >= 4 is 15.5 Å². The van der Waals surface area contributed by atoms with E-state index in [0.717, 1.165) is 11.3 Å². The van der Waals surface area contributed by atoms with E-state index in [0.29, 0.717) is 5.82 Å². The van der Waals surface area contributed by atoms with Gasteiger partial charge in [0.25, 0.3) is 0 Å². The molecule has 0 spiro atoms. The van der Waals surface area contributed by atoms with E-state index in [2.05, 4.69) is 20.8 Å². The largest absolute Gasteiger partial charge is 0.382 e. The summed E-state index contributed by atoms with van der Waals surface area (Å²) in [6.07, 6.45) is 0. The van der Waals surface area contributed by atoms with Crippen molar-refractivity contribution in [2.75, 3.05) is 16.8 Å². The summed E-state index contributed by atoms with van der Waals surface area (Å²) in [5.74, 6) is 0.926. The SMILES string of the molecule is CCS(=O)(=O)CC(C)Nc1cccc(-c2nnnn2C)c1. The maximum absolute atomic E-state index is 11.6. The number of nitrogens with zero attached hydrogens (tertiary/aromatic N) is 4. The van der Waals surface area contributed by atoms with Crippen LogP contribution in [0.2, 0.25) is 0 Å². The third-order valence-corrected chi connectivity index (χ3v) is 4.99. The first kappa shape index (κ1) is 15.4. The van der Waals surface area contributed by atoms with Gasteiger partial charge in [-0.1, -0.05) is 19.1 Å². The van der Waals surface area contributed by atoms with Gasteiger partial charge in [0, 0.05) is 30.1 Å². The molecular formula is C13H19N5O2S. The first-order valence-corrected chi connectivity index (χ1v) is 8.53. The molecule has 0 fully saturated rings. The number of hydrogen-bond donors (Lipinski definition) is 1. The van der Waals surface area contributed by atoms with E-state index >= 15 is 0 Å². The van der Waals surface area contributed by atoms with E-state index < -0.39 is 9.84 Å². The van der Waals surface area contributed by atoms with Crippen LogP contribution in [-0.2, 0) is 16.9 Å². The van der Waals surface area contributed by atoms with Gasteiger partial charge in [0.1, 0.15) is 0 Å². The molecule has 0 aliphatic heterocycles. The molecule has 1 aromatic carbocycles. The van der Waals surface area contributed by atoms with E-state index in [1.54, 1.807) is 18.7 Å². The van der Waals surface area contributed by atoms with Gasteiger partial charge in [-0.2, -0.15) is 0 Å². The zero-order valence-electron chi connectivity index (χ0n) is 12.3. The van der Waals surface area contributed by atoms with Gasteiger partial charge >= 0.3 is 0 Å². The maximum Gasteiger partial charge on any atom is 0.181 e. The van der Waals surface area contributed by atoms with Crippen molar-refractivity contribution in [3.05, 3.63) is 24.3 Å². The van der Waals surface area contributed by atoms with Crippen molar-refractivity contribution in [1.29, 1.82) is 0 Å². The van der Waals surface area contributed by atoms with Gasteiger partial charge in [0.2, 0.25) is 0 Å². The molecule has 1 atom stereocenters. The van der Waals surface area contributed by atoms with Gasteiger partial charge in [-0.25, -0.2) is 13.1 Å². The minimum absolute atomic E-state index is 0.110. The molecule has 114 valence electrons. The Morgan fingerprint density at radius 1 is 1.38 bits per heavy atom. The standard InChI is InChI=1S/C13H19N5O2S/c1-4-21(19,20)9-10(2)14-12-7-5-6-11(8-12)13-15-16-17-18(13)3/h5-8,10,14H,4,9H2,1-3H3. The summed E-state index contributed by atoms with van der Waals surface area (Å²) in [5, 5.41) is 14.6. The number of anilines is 1. The number of rotatable bonds is 6. The predicted octanol–water partition coefficient (Wildman–Crippen LogP) is 1.11. The van der Waals surface area contributed by atoms with Crippen LogP contribution in [0, 0.1) is 0 Å². The highest BCUT2D eigenvalue weighted by atomic mass is 32.2. The summed E-state index contributed by atoms with van der Waals surface area (Å²) in [6, 6.07) is 7.42. The molecule has 2 rings (SSSR count). The Bertz CT molecular complexity index is 711. The average molecular weight is 309 g/mol. The molecule has 1 heterocycles. The van der Waals surface area contributed by atoms with Gasteiger partial charge in [-0.05, 0) is 29.5 Å². The number of nitrogens with one attached hydrogen (secondary N) is 1. The lowest BCUT2D eigenvalue weighted by Crippen LogP contribution is -2.26. The fourth-order valence-electron chi connectivity index (χ4n) is 2.05. The molecule has 8 heteroatoms. The van der Waals surface area contributed by atoms with Gasteiger partial charge in [0.05, 0.1) is 5.75 Å². The van der Waals surface area contributed by atoms with Crippen molar-refractivity contribution in [3.63, 3.8) is 0 Å². The van der Waals surface area contributed by atoms with Crippen LogP contribution in [0.1, 0.15) is 13.8 Å². The number of tetrazole rings is 1. The molecule has 7 nitrogen and oxygen atoms in total. The van der Waals surface area contributed by atoms with Crippen molar-refractivity contribution in [3.8, 4) is 11.4 Å². The molecule has 1 aromatic heterocycles. The Morgan fingerprint density at radius 2 is 2.14 bits per heavy atom. The highest BCUT2D eigenvalue weighted by Gasteiger charge is 2.14. The van der Waals surface area contributed by atoms with Crippen molar-refractivity contribution in [2.45, 2.75) is 19.9 Å². The molecule has 0 saturated heterocycles. The first-order chi connectivity index (χ1) is 9.91. The number of aromatic nitrogens is 4. The van der Waals surface area contributed by atoms with Crippen molar-refractivity contribution in [2.24, 2.45) is 7.05 Å². The topological polar surface area (TPSA) is 89.8 Å². The summed E-state index contributed by atoms with van der Waals surface area (Å²) >= 11 is 0. The van der Waals surface area contributed by atoms with Gasteiger partial charge in [0.15, 0.2) is 15.7 Å². The smallest absolute Gasteiger partial charge is 0.181 e. The minimum Gasteiger partial charge on any atom is -0.382 e. The van der Waals surface area contributed by atoms with Gasteiger partial charge < -0.3 is 5.32 Å². The third kappa shape index (κ3) is 4.01. The predicted molar refractivity (Wildman–Crippen MR) is 81.6 cm³/mol. The lowest BCUT2D eigenvalue weighted by Gasteiger charge is -2.15. The van der Waals surface area contributed by atoms with E-state index in [1.165, 1.54) is 0 Å². The molecule has 0 radical (unpaired) electrons. The van der Waals surface area contributed by atoms with Crippen LogP contribution >= 0.6 is 0 Å². The number of sulfone groups is 1. The summed E-state index contributed by atoms with van der Waals surface area (Å²) in [6.45, 7) is 3.51. The second-order valence-electron chi connectivity index (χ2n) is 4.95. The zero-order chi connectivity index (χ0) is 15.5. The highest BCUT2D eigenvalue weighted by Crippen LogP contribution is 2.20. The van der Waals surface area contributed by atoms with Crippen LogP contribution in [0.25, 0.3) is 11.4 Å². The molecule has 0 aliphatic carbocycles. The van der Waals surface area contributed by atoms with Crippen molar-refractivity contribution in [1.82, 2.24) is 20.2 Å². The summed E-state index contributed by atoms with van der Waals surface area (Å²) < 4.78 is 24.8. The Labute approximate surface area is 124 Å². The van der Waals surface area contributed by atoms with Crippen LogP contribution in [-0.4, -0.2) is 46.2 Å². The highest BCUT2D eigenvalue weighted by molar-refractivity contribution is 7.91. The molecule has 21 heavy (non-hydrogen) atoms. The minimum atomic E-state index is -3.00. The second kappa shape index (κ2) is 6.21. The van der Waals surface area contributed by atoms with Crippen LogP contribution in [0.15, 0.2) is 24.3 Å². The van der Waals surface area contributed by atoms with Crippen LogP contribution in [0.5, 0.6) is 0 Å². The summed E-state index contributed by atoms with van der Waals surface area (Å²) in [5.41, 5.74) is 1.72. The lowest BCUT2D eigenvalue weighted by molar-refractivity contribution is 0.593. The Hall–Kier alpha value is -1.96. The normalized spacial score (nSPS) is 13.1. The first-order valence-electron chi connectivity index (χ1n) is 6.71. The summed E-state index contributed by atoms with van der Waals surface area (Å²) in [4.78, 5) is 0. The third-order valence-electron chi connectivity index (χ3n) is 3.10. The van der Waals surface area contributed by atoms with Crippen LogP contribution in [0.4, 0.5) is 5.69 Å². The number of hydrogen-bond acceptors (Lipinski definition) is 6. The molecule has 0 amide bonds. The monoisotopic (exact) mass is 309 g/mol. The zero-order valence-corrected chi connectivity index (χ0v) is 13.1. The second-order valence-corrected chi connectivity index (χ2v) is 7.35. The molecule has 0 saturated carbocycles. The van der Waals surface area contributed by atoms with Crippen LogP contribution in [0.3, 0.4) is 0 Å². The Balaban J connectivity index is 2.14. The molecular weight excluding hydrogens is 290 g/mol. The fraction of sp³-hybridized carbons (Fsp3) is 0.462. The molecule has 2 aromatic rings. The quantitative estimate of drug-likeness (QED) is 0.860. The maximum atomic E-state index is 11.6. The molecule has 0 aliphatic rings. The molecule has 0 bridgehead atoms. The Kier molecular flexibility index (Phi) is 4.56. The number of benzene rings is 1.